The number of rotatable bonds is 3. The van der Waals surface area contributed by atoms with E-state index in [4.69, 9.17) is 0 Å². The van der Waals surface area contributed by atoms with Crippen LogP contribution in [-0.4, -0.2) is 10.7 Å². The minimum Gasteiger partial charge on any atom is -0.276 e. The molecule has 0 aliphatic rings. The zero-order chi connectivity index (χ0) is 16.4. The highest BCUT2D eigenvalue weighted by atomic mass is 32.1. The second kappa shape index (κ2) is 6.11. The molecule has 0 amide bonds. The van der Waals surface area contributed by atoms with Crippen molar-refractivity contribution in [1.29, 1.82) is 5.26 Å². The number of thiazole rings is 1. The molecule has 0 bridgehead atoms. The van der Waals surface area contributed by atoms with E-state index in [0.717, 1.165) is 26.7 Å². The smallest absolute Gasteiger partial charge is 0.196 e. The largest absolute Gasteiger partial charge is 0.276 e. The van der Waals surface area contributed by atoms with Crippen LogP contribution < -0.4 is 5.43 Å². The van der Waals surface area contributed by atoms with Gasteiger partial charge in [0.05, 0.1) is 15.9 Å². The summed E-state index contributed by atoms with van der Waals surface area (Å²) >= 11 is 1.46. The first-order valence-electron chi connectivity index (χ1n) is 7.42. The monoisotopic (exact) mass is 328 g/mol. The number of nitriles is 1. The normalized spacial score (nSPS) is 11.5. The molecule has 0 aliphatic heterocycles. The highest BCUT2D eigenvalue weighted by Gasteiger charge is 2.10. The first-order valence-corrected chi connectivity index (χ1v) is 8.24. The van der Waals surface area contributed by atoms with Crippen LogP contribution >= 0.6 is 11.3 Å². The molecule has 0 spiro atoms. The van der Waals surface area contributed by atoms with Gasteiger partial charge in [-0.05, 0) is 23.6 Å². The number of aromatic nitrogens is 1. The lowest BCUT2D eigenvalue weighted by molar-refractivity contribution is 1.33. The van der Waals surface area contributed by atoms with Crippen LogP contribution in [0.3, 0.4) is 0 Å². The van der Waals surface area contributed by atoms with E-state index in [-0.39, 0.29) is 5.71 Å². The quantitative estimate of drug-likeness (QED) is 0.434. The summed E-state index contributed by atoms with van der Waals surface area (Å²) in [7, 11) is 0. The number of para-hydroxylation sites is 1. The van der Waals surface area contributed by atoms with E-state index in [1.54, 1.807) is 0 Å². The Morgan fingerprint density at radius 2 is 1.79 bits per heavy atom. The molecule has 0 fully saturated rings. The van der Waals surface area contributed by atoms with Crippen LogP contribution in [0, 0.1) is 11.3 Å². The summed E-state index contributed by atoms with van der Waals surface area (Å²) in [6.07, 6.45) is 0. The fourth-order valence-corrected chi connectivity index (χ4v) is 3.44. The number of anilines is 1. The van der Waals surface area contributed by atoms with Crippen LogP contribution in [0.1, 0.15) is 5.01 Å². The van der Waals surface area contributed by atoms with Crippen LogP contribution in [-0.2, 0) is 0 Å². The van der Waals surface area contributed by atoms with E-state index in [1.807, 2.05) is 66.7 Å². The number of hydrogen-bond donors (Lipinski definition) is 1. The maximum atomic E-state index is 9.44. The second-order valence-electron chi connectivity index (χ2n) is 5.20. The van der Waals surface area contributed by atoms with Crippen LogP contribution in [0.15, 0.2) is 71.8 Å². The third kappa shape index (κ3) is 2.60. The summed E-state index contributed by atoms with van der Waals surface area (Å²) in [4.78, 5) is 4.48. The topological polar surface area (TPSA) is 61.1 Å². The maximum absolute atomic E-state index is 9.44. The van der Waals surface area contributed by atoms with Crippen molar-refractivity contribution in [2.45, 2.75) is 0 Å². The summed E-state index contributed by atoms with van der Waals surface area (Å²) in [6, 6.07) is 23.9. The van der Waals surface area contributed by atoms with Crippen molar-refractivity contribution in [3.05, 3.63) is 71.7 Å². The average Bonchev–Trinajstić information content (AvgIpc) is 3.06. The number of hydrazone groups is 1. The Hall–Kier alpha value is -3.23. The van der Waals surface area contributed by atoms with Crippen LogP contribution in [0.4, 0.5) is 5.69 Å². The molecule has 24 heavy (non-hydrogen) atoms. The van der Waals surface area contributed by atoms with Gasteiger partial charge in [-0.25, -0.2) is 4.98 Å². The molecule has 1 aromatic heterocycles. The van der Waals surface area contributed by atoms with E-state index in [2.05, 4.69) is 21.6 Å². The third-order valence-corrected chi connectivity index (χ3v) is 4.72. The SMILES string of the molecule is N#CC(=NNc1cccc2ccccc12)c1nc2ccccc2s1. The first-order chi connectivity index (χ1) is 11.8. The summed E-state index contributed by atoms with van der Waals surface area (Å²) in [5.41, 5.74) is 5.04. The molecule has 4 rings (SSSR count). The molecule has 5 heteroatoms. The van der Waals surface area contributed by atoms with Gasteiger partial charge in [-0.15, -0.1) is 11.3 Å². The van der Waals surface area contributed by atoms with Gasteiger partial charge in [-0.3, -0.25) is 5.43 Å². The van der Waals surface area contributed by atoms with Crippen molar-refractivity contribution in [2.24, 2.45) is 5.10 Å². The van der Waals surface area contributed by atoms with Crippen molar-refractivity contribution in [3.63, 3.8) is 0 Å². The molecule has 4 nitrogen and oxygen atoms in total. The zero-order valence-electron chi connectivity index (χ0n) is 12.6. The van der Waals surface area contributed by atoms with Gasteiger partial charge in [0, 0.05) is 5.39 Å². The van der Waals surface area contributed by atoms with Crippen molar-refractivity contribution in [3.8, 4) is 6.07 Å². The van der Waals surface area contributed by atoms with Crippen molar-refractivity contribution < 1.29 is 0 Å². The Morgan fingerprint density at radius 3 is 2.67 bits per heavy atom. The van der Waals surface area contributed by atoms with Gasteiger partial charge in [0.2, 0.25) is 0 Å². The minimum atomic E-state index is 0.282. The number of nitrogens with one attached hydrogen (secondary N) is 1. The first kappa shape index (κ1) is 14.4. The molecular formula is C19H12N4S. The standard InChI is InChI=1S/C19H12N4S/c20-12-17(19-21-16-9-3-4-11-18(16)24-19)23-22-15-10-5-7-13-6-1-2-8-14(13)15/h1-11,22H. The molecule has 0 radical (unpaired) electrons. The molecule has 114 valence electrons. The van der Waals surface area contributed by atoms with Crippen LogP contribution in [0.25, 0.3) is 21.0 Å². The Morgan fingerprint density at radius 1 is 1.00 bits per heavy atom. The third-order valence-electron chi connectivity index (χ3n) is 3.68. The van der Waals surface area contributed by atoms with Gasteiger partial charge in [0.1, 0.15) is 6.07 Å². The van der Waals surface area contributed by atoms with Gasteiger partial charge in [0.25, 0.3) is 0 Å². The molecule has 1 N–H and O–H groups in total. The molecule has 1 heterocycles. The second-order valence-corrected chi connectivity index (χ2v) is 6.23. The maximum Gasteiger partial charge on any atom is 0.196 e. The lowest BCUT2D eigenvalue weighted by Gasteiger charge is -2.05. The summed E-state index contributed by atoms with van der Waals surface area (Å²) < 4.78 is 1.04. The molecule has 0 saturated carbocycles. The molecule has 0 atom stereocenters. The highest BCUT2D eigenvalue weighted by molar-refractivity contribution is 7.20. The molecular weight excluding hydrogens is 316 g/mol. The lowest BCUT2D eigenvalue weighted by Crippen LogP contribution is -2.01. The van der Waals surface area contributed by atoms with Crippen molar-refractivity contribution >= 4 is 43.7 Å². The molecule has 3 aromatic carbocycles. The van der Waals surface area contributed by atoms with Crippen molar-refractivity contribution in [1.82, 2.24) is 4.98 Å². The van der Waals surface area contributed by atoms with Crippen molar-refractivity contribution in [2.75, 3.05) is 5.43 Å². The number of fused-ring (bicyclic) bond motifs is 2. The molecule has 0 saturated heterocycles. The zero-order valence-corrected chi connectivity index (χ0v) is 13.4. The minimum absolute atomic E-state index is 0.282. The van der Waals surface area contributed by atoms with Gasteiger partial charge < -0.3 is 0 Å². The Labute approximate surface area is 142 Å². The van der Waals surface area contributed by atoms with Gasteiger partial charge in [-0.1, -0.05) is 48.5 Å². The van der Waals surface area contributed by atoms with E-state index in [9.17, 15) is 5.26 Å². The number of hydrogen-bond acceptors (Lipinski definition) is 5. The number of nitrogens with zero attached hydrogens (tertiary/aromatic N) is 3. The van der Waals surface area contributed by atoms with Gasteiger partial charge in [-0.2, -0.15) is 10.4 Å². The van der Waals surface area contributed by atoms with Gasteiger partial charge in [0.15, 0.2) is 10.7 Å². The Bertz CT molecular complexity index is 1070. The van der Waals surface area contributed by atoms with Crippen LogP contribution in [0.5, 0.6) is 0 Å². The lowest BCUT2D eigenvalue weighted by atomic mass is 10.1. The number of benzene rings is 3. The summed E-state index contributed by atoms with van der Waals surface area (Å²) in [6.45, 7) is 0. The van der Waals surface area contributed by atoms with E-state index < -0.39 is 0 Å². The van der Waals surface area contributed by atoms with Gasteiger partial charge >= 0.3 is 0 Å². The highest BCUT2D eigenvalue weighted by Crippen LogP contribution is 2.24. The summed E-state index contributed by atoms with van der Waals surface area (Å²) in [5, 5.41) is 16.5. The molecule has 0 aliphatic carbocycles. The average molecular weight is 328 g/mol. The van der Waals surface area contributed by atoms with E-state index in [1.165, 1.54) is 11.3 Å². The van der Waals surface area contributed by atoms with E-state index in [0.29, 0.717) is 5.01 Å². The predicted octanol–water partition coefficient (Wildman–Crippen LogP) is 4.79. The molecule has 0 unspecified atom stereocenters. The fraction of sp³-hybridized carbons (Fsp3) is 0. The van der Waals surface area contributed by atoms with E-state index >= 15 is 0 Å². The fourth-order valence-electron chi connectivity index (χ4n) is 2.53. The van der Waals surface area contributed by atoms with Crippen LogP contribution in [0.2, 0.25) is 0 Å². The predicted molar refractivity (Wildman–Crippen MR) is 99.3 cm³/mol. The molecule has 4 aromatic rings. The Kier molecular flexibility index (Phi) is 3.66. The summed E-state index contributed by atoms with van der Waals surface area (Å²) in [5.74, 6) is 0. The Balaban J connectivity index is 1.71.